The van der Waals surface area contributed by atoms with Gasteiger partial charge in [-0.1, -0.05) is 18.2 Å². The van der Waals surface area contributed by atoms with Crippen LogP contribution in [0.2, 0.25) is 0 Å². The van der Waals surface area contributed by atoms with Gasteiger partial charge in [-0.3, -0.25) is 4.68 Å². The number of aromatic nitrogens is 3. The topological polar surface area (TPSA) is 66.0 Å². The Bertz CT molecular complexity index is 521. The van der Waals surface area contributed by atoms with E-state index in [1.165, 1.54) is 0 Å². The predicted molar refractivity (Wildman–Crippen MR) is 69.3 cm³/mol. The highest BCUT2D eigenvalue weighted by Gasteiger charge is 2.06. The van der Waals surface area contributed by atoms with Gasteiger partial charge < -0.3 is 10.5 Å². The van der Waals surface area contributed by atoms with Gasteiger partial charge in [0, 0.05) is 13.5 Å². The molecule has 0 bridgehead atoms. The molecular weight excluding hydrogens is 228 g/mol. The Balaban J connectivity index is 1.90. The number of nitrogens with two attached hydrogens (primary N) is 1. The molecule has 2 aromatic rings. The fourth-order valence-electron chi connectivity index (χ4n) is 1.73. The average Bonchev–Trinajstić information content (AvgIpc) is 2.72. The first-order chi connectivity index (χ1) is 8.70. The summed E-state index contributed by atoms with van der Waals surface area (Å²) in [7, 11) is 1.85. The number of hydrogen-bond acceptors (Lipinski definition) is 4. The number of ether oxygens (including phenoxy) is 1. The molecule has 0 aliphatic heterocycles. The zero-order valence-electron chi connectivity index (χ0n) is 10.8. The largest absolute Gasteiger partial charge is 0.493 e. The van der Waals surface area contributed by atoms with Crippen LogP contribution in [0.1, 0.15) is 17.2 Å². The first kappa shape index (κ1) is 12.6. The highest BCUT2D eigenvalue weighted by atomic mass is 16.5. The zero-order chi connectivity index (χ0) is 13.0. The van der Waals surface area contributed by atoms with E-state index >= 15 is 0 Å². The second-order valence-electron chi connectivity index (χ2n) is 4.14. The quantitative estimate of drug-likeness (QED) is 0.861. The molecule has 0 aliphatic carbocycles. The van der Waals surface area contributed by atoms with Crippen LogP contribution in [0.5, 0.6) is 5.75 Å². The third kappa shape index (κ3) is 2.87. The van der Waals surface area contributed by atoms with Crippen molar-refractivity contribution < 1.29 is 4.74 Å². The lowest BCUT2D eigenvalue weighted by molar-refractivity contribution is 0.316. The maximum Gasteiger partial charge on any atom is 0.154 e. The van der Waals surface area contributed by atoms with Crippen molar-refractivity contribution in [2.75, 3.05) is 6.61 Å². The molecule has 18 heavy (non-hydrogen) atoms. The predicted octanol–water partition coefficient (Wildman–Crippen LogP) is 1.20. The summed E-state index contributed by atoms with van der Waals surface area (Å²) in [5, 5.41) is 4.28. The molecule has 5 heteroatoms. The summed E-state index contributed by atoms with van der Waals surface area (Å²) in [5.41, 5.74) is 6.68. The van der Waals surface area contributed by atoms with Crippen LogP contribution >= 0.6 is 0 Å². The Morgan fingerprint density at radius 3 is 2.78 bits per heavy atom. The molecule has 2 rings (SSSR count). The third-order valence-corrected chi connectivity index (χ3v) is 2.76. The standard InChI is InChI=1S/C13H18N4O/c1-10-5-3-4-6-11(10)18-8-7-12-15-13(9-14)17(2)16-12/h3-6H,7-9,14H2,1-2H3. The number of aryl methyl sites for hydroxylation is 2. The van der Waals surface area contributed by atoms with Crippen LogP contribution in [0.25, 0.3) is 0 Å². The number of benzene rings is 1. The van der Waals surface area contributed by atoms with Gasteiger partial charge in [-0.25, -0.2) is 4.98 Å². The molecule has 0 aliphatic rings. The Kier molecular flexibility index (Phi) is 3.94. The van der Waals surface area contributed by atoms with Gasteiger partial charge in [0.05, 0.1) is 13.2 Å². The molecule has 2 N–H and O–H groups in total. The molecule has 0 atom stereocenters. The minimum absolute atomic E-state index is 0.405. The van der Waals surface area contributed by atoms with Crippen LogP contribution in [0, 0.1) is 6.92 Å². The number of rotatable bonds is 5. The molecule has 0 fully saturated rings. The Hall–Kier alpha value is -1.88. The van der Waals surface area contributed by atoms with Crippen LogP contribution in [-0.4, -0.2) is 21.4 Å². The summed E-state index contributed by atoms with van der Waals surface area (Å²) in [5.74, 6) is 2.47. The van der Waals surface area contributed by atoms with Crippen LogP contribution in [0.3, 0.4) is 0 Å². The van der Waals surface area contributed by atoms with Gasteiger partial charge in [-0.05, 0) is 18.6 Å². The molecule has 5 nitrogen and oxygen atoms in total. The first-order valence-corrected chi connectivity index (χ1v) is 5.98. The second-order valence-corrected chi connectivity index (χ2v) is 4.14. The summed E-state index contributed by atoms with van der Waals surface area (Å²) in [6.45, 7) is 3.00. The Labute approximate surface area is 107 Å². The minimum atomic E-state index is 0.405. The van der Waals surface area contributed by atoms with Gasteiger partial charge >= 0.3 is 0 Å². The van der Waals surface area contributed by atoms with Crippen molar-refractivity contribution in [3.8, 4) is 5.75 Å². The molecule has 0 saturated heterocycles. The molecule has 1 heterocycles. The van der Waals surface area contributed by atoms with Gasteiger partial charge in [0.2, 0.25) is 0 Å². The molecule has 0 spiro atoms. The van der Waals surface area contributed by atoms with Crippen molar-refractivity contribution >= 4 is 0 Å². The van der Waals surface area contributed by atoms with E-state index in [0.717, 1.165) is 23.0 Å². The Morgan fingerprint density at radius 2 is 2.11 bits per heavy atom. The third-order valence-electron chi connectivity index (χ3n) is 2.76. The maximum atomic E-state index is 5.70. The lowest BCUT2D eigenvalue weighted by atomic mass is 10.2. The summed E-state index contributed by atoms with van der Waals surface area (Å²) >= 11 is 0. The van der Waals surface area contributed by atoms with Gasteiger partial charge in [-0.15, -0.1) is 0 Å². The zero-order valence-corrected chi connectivity index (χ0v) is 10.8. The number of nitrogens with zero attached hydrogens (tertiary/aromatic N) is 3. The normalized spacial score (nSPS) is 10.6. The van der Waals surface area contributed by atoms with E-state index in [-0.39, 0.29) is 0 Å². The Morgan fingerprint density at radius 1 is 1.33 bits per heavy atom. The lowest BCUT2D eigenvalue weighted by Gasteiger charge is -2.07. The summed E-state index contributed by atoms with van der Waals surface area (Å²) in [6.07, 6.45) is 0.683. The fourth-order valence-corrected chi connectivity index (χ4v) is 1.73. The van der Waals surface area contributed by atoms with E-state index < -0.39 is 0 Å². The molecule has 0 radical (unpaired) electrons. The number of para-hydroxylation sites is 1. The van der Waals surface area contributed by atoms with Crippen LogP contribution in [0.15, 0.2) is 24.3 Å². The van der Waals surface area contributed by atoms with E-state index in [2.05, 4.69) is 10.1 Å². The van der Waals surface area contributed by atoms with E-state index in [1.54, 1.807) is 4.68 Å². The number of hydrogen-bond donors (Lipinski definition) is 1. The van der Waals surface area contributed by atoms with Crippen LogP contribution in [-0.2, 0) is 20.0 Å². The van der Waals surface area contributed by atoms with Crippen LogP contribution in [0.4, 0.5) is 0 Å². The van der Waals surface area contributed by atoms with Crippen molar-refractivity contribution in [2.24, 2.45) is 12.8 Å². The van der Waals surface area contributed by atoms with Crippen molar-refractivity contribution in [3.63, 3.8) is 0 Å². The average molecular weight is 246 g/mol. The van der Waals surface area contributed by atoms with Crippen molar-refractivity contribution in [1.29, 1.82) is 0 Å². The van der Waals surface area contributed by atoms with Crippen molar-refractivity contribution in [2.45, 2.75) is 19.9 Å². The molecule has 1 aromatic heterocycles. The minimum Gasteiger partial charge on any atom is -0.493 e. The van der Waals surface area contributed by atoms with E-state index in [0.29, 0.717) is 19.6 Å². The molecule has 96 valence electrons. The highest BCUT2D eigenvalue weighted by Crippen LogP contribution is 2.16. The first-order valence-electron chi connectivity index (χ1n) is 5.98. The monoisotopic (exact) mass is 246 g/mol. The van der Waals surface area contributed by atoms with Gasteiger partial charge in [-0.2, -0.15) is 5.10 Å². The van der Waals surface area contributed by atoms with Crippen molar-refractivity contribution in [3.05, 3.63) is 41.5 Å². The lowest BCUT2D eigenvalue weighted by Crippen LogP contribution is -2.05. The maximum absolute atomic E-state index is 5.70. The van der Waals surface area contributed by atoms with E-state index in [4.69, 9.17) is 10.5 Å². The second kappa shape index (κ2) is 5.64. The molecular formula is C13H18N4O. The highest BCUT2D eigenvalue weighted by molar-refractivity contribution is 5.31. The van der Waals surface area contributed by atoms with Gasteiger partial charge in [0.25, 0.3) is 0 Å². The summed E-state index contributed by atoms with van der Waals surface area (Å²) in [4.78, 5) is 4.33. The SMILES string of the molecule is Cc1ccccc1OCCc1nc(CN)n(C)n1. The van der Waals surface area contributed by atoms with Gasteiger partial charge in [0.1, 0.15) is 11.6 Å². The van der Waals surface area contributed by atoms with E-state index in [9.17, 15) is 0 Å². The fraction of sp³-hybridized carbons (Fsp3) is 0.385. The molecule has 0 saturated carbocycles. The van der Waals surface area contributed by atoms with Crippen LogP contribution < -0.4 is 10.5 Å². The molecule has 1 aromatic carbocycles. The van der Waals surface area contributed by atoms with Crippen molar-refractivity contribution in [1.82, 2.24) is 14.8 Å². The smallest absolute Gasteiger partial charge is 0.154 e. The molecule has 0 unspecified atom stereocenters. The summed E-state index contributed by atoms with van der Waals surface area (Å²) in [6, 6.07) is 7.96. The summed E-state index contributed by atoms with van der Waals surface area (Å²) < 4.78 is 7.41. The van der Waals surface area contributed by atoms with Gasteiger partial charge in [0.15, 0.2) is 5.82 Å². The molecule has 0 amide bonds. The van der Waals surface area contributed by atoms with E-state index in [1.807, 2.05) is 38.2 Å².